The third-order valence-corrected chi connectivity index (χ3v) is 4.15. The van der Waals surface area contributed by atoms with E-state index in [4.69, 9.17) is 10.7 Å². The third kappa shape index (κ3) is 3.83. The molecule has 1 unspecified atom stereocenters. The Bertz CT molecular complexity index is 1000. The molecule has 4 rings (SSSR count). The highest BCUT2D eigenvalue weighted by molar-refractivity contribution is 5.79. The average molecular weight is 357 g/mol. The van der Waals surface area contributed by atoms with Gasteiger partial charge in [0.05, 0.1) is 23.8 Å². The first-order valence-corrected chi connectivity index (χ1v) is 8.63. The minimum absolute atomic E-state index is 0.357. The molecule has 0 saturated heterocycles. The molecule has 0 radical (unpaired) electrons. The first-order chi connectivity index (χ1) is 13.3. The Morgan fingerprint density at radius 1 is 0.889 bits per heavy atom. The van der Waals surface area contributed by atoms with Gasteiger partial charge in [-0.05, 0) is 18.2 Å². The molecule has 134 valence electrons. The Hall–Kier alpha value is -3.58. The van der Waals surface area contributed by atoms with Crippen LogP contribution in [-0.4, -0.2) is 31.5 Å². The van der Waals surface area contributed by atoms with Crippen LogP contribution in [0.25, 0.3) is 22.5 Å². The van der Waals surface area contributed by atoms with Crippen molar-refractivity contribution in [3.63, 3.8) is 0 Å². The van der Waals surface area contributed by atoms with Crippen LogP contribution in [0, 0.1) is 0 Å². The Labute approximate surface area is 156 Å². The van der Waals surface area contributed by atoms with Gasteiger partial charge in [-0.15, -0.1) is 0 Å². The van der Waals surface area contributed by atoms with Gasteiger partial charge in [0.1, 0.15) is 11.6 Å². The van der Waals surface area contributed by atoms with Gasteiger partial charge >= 0.3 is 0 Å². The predicted octanol–water partition coefficient (Wildman–Crippen LogP) is 3.04. The van der Waals surface area contributed by atoms with Crippen LogP contribution < -0.4 is 11.1 Å². The molecular weight excluding hydrogens is 338 g/mol. The molecule has 1 aromatic carbocycles. The first kappa shape index (κ1) is 16.9. The standard InChI is InChI=1S/C20H19N7/c21-16(11-25-19-7-3-4-9-23-19)20-24-10-8-17(27-20)14-5-1-2-6-15(14)18-12-22-13-26-18/h1-10,12-13,16H,11,21H2,(H,22,26)(H,23,25). The van der Waals surface area contributed by atoms with Crippen molar-refractivity contribution in [3.8, 4) is 22.5 Å². The maximum absolute atomic E-state index is 6.29. The van der Waals surface area contributed by atoms with Crippen LogP contribution in [0.1, 0.15) is 11.9 Å². The van der Waals surface area contributed by atoms with Crippen LogP contribution in [0.5, 0.6) is 0 Å². The molecule has 0 saturated carbocycles. The van der Waals surface area contributed by atoms with Gasteiger partial charge < -0.3 is 16.0 Å². The van der Waals surface area contributed by atoms with Gasteiger partial charge in [-0.2, -0.15) is 0 Å². The zero-order chi connectivity index (χ0) is 18.5. The fourth-order valence-electron chi connectivity index (χ4n) is 2.81. The molecule has 1 atom stereocenters. The second kappa shape index (κ2) is 7.76. The van der Waals surface area contributed by atoms with Gasteiger partial charge in [0.2, 0.25) is 0 Å². The lowest BCUT2D eigenvalue weighted by Crippen LogP contribution is -2.23. The Kier molecular flexibility index (Phi) is 4.84. The molecule has 0 bridgehead atoms. The van der Waals surface area contributed by atoms with Crippen molar-refractivity contribution >= 4 is 5.82 Å². The van der Waals surface area contributed by atoms with E-state index in [0.29, 0.717) is 12.4 Å². The van der Waals surface area contributed by atoms with Crippen molar-refractivity contribution in [2.45, 2.75) is 6.04 Å². The Morgan fingerprint density at radius 2 is 1.70 bits per heavy atom. The van der Waals surface area contributed by atoms with E-state index in [1.807, 2.05) is 54.7 Å². The zero-order valence-corrected chi connectivity index (χ0v) is 14.6. The van der Waals surface area contributed by atoms with Gasteiger partial charge in [-0.1, -0.05) is 30.3 Å². The van der Waals surface area contributed by atoms with Crippen molar-refractivity contribution in [2.75, 3.05) is 11.9 Å². The van der Waals surface area contributed by atoms with E-state index in [0.717, 1.165) is 28.3 Å². The minimum atomic E-state index is -0.357. The number of aromatic amines is 1. The summed E-state index contributed by atoms with van der Waals surface area (Å²) >= 11 is 0. The van der Waals surface area contributed by atoms with Crippen LogP contribution >= 0.6 is 0 Å². The van der Waals surface area contributed by atoms with E-state index in [2.05, 4.69) is 25.3 Å². The second-order valence-electron chi connectivity index (χ2n) is 6.00. The number of anilines is 1. The summed E-state index contributed by atoms with van der Waals surface area (Å²) in [5.74, 6) is 1.35. The third-order valence-electron chi connectivity index (χ3n) is 4.15. The number of benzene rings is 1. The van der Waals surface area contributed by atoms with E-state index in [1.54, 1.807) is 18.7 Å². The fraction of sp³-hybridized carbons (Fsp3) is 0.100. The number of imidazole rings is 1. The molecule has 0 spiro atoms. The van der Waals surface area contributed by atoms with Crippen molar-refractivity contribution in [1.82, 2.24) is 24.9 Å². The summed E-state index contributed by atoms with van der Waals surface area (Å²) in [7, 11) is 0. The van der Waals surface area contributed by atoms with Gasteiger partial charge in [-0.25, -0.2) is 19.9 Å². The van der Waals surface area contributed by atoms with Crippen molar-refractivity contribution in [1.29, 1.82) is 0 Å². The quantitative estimate of drug-likeness (QED) is 0.490. The maximum Gasteiger partial charge on any atom is 0.147 e. The summed E-state index contributed by atoms with van der Waals surface area (Å²) in [5, 5.41) is 3.21. The van der Waals surface area contributed by atoms with Gasteiger partial charge in [0, 0.05) is 36.3 Å². The molecule has 3 aromatic heterocycles. The van der Waals surface area contributed by atoms with Gasteiger partial charge in [0.25, 0.3) is 0 Å². The SMILES string of the molecule is NC(CNc1ccccn1)c1nccc(-c2ccccc2-c2c[nH]cn2)n1. The first-order valence-electron chi connectivity index (χ1n) is 8.63. The summed E-state index contributed by atoms with van der Waals surface area (Å²) in [6, 6.07) is 15.2. The summed E-state index contributed by atoms with van der Waals surface area (Å²) in [4.78, 5) is 20.6. The van der Waals surface area contributed by atoms with E-state index in [9.17, 15) is 0 Å². The van der Waals surface area contributed by atoms with Crippen LogP contribution in [0.3, 0.4) is 0 Å². The highest BCUT2D eigenvalue weighted by Gasteiger charge is 2.14. The number of nitrogens with two attached hydrogens (primary N) is 1. The summed E-state index contributed by atoms with van der Waals surface area (Å²) in [5.41, 5.74) is 9.96. The topological polar surface area (TPSA) is 105 Å². The lowest BCUT2D eigenvalue weighted by Gasteiger charge is -2.13. The van der Waals surface area contributed by atoms with Crippen molar-refractivity contribution < 1.29 is 0 Å². The van der Waals surface area contributed by atoms with Crippen LogP contribution in [0.4, 0.5) is 5.82 Å². The monoisotopic (exact) mass is 357 g/mol. The van der Waals surface area contributed by atoms with E-state index in [1.165, 1.54) is 0 Å². The maximum atomic E-state index is 6.29. The summed E-state index contributed by atoms with van der Waals surface area (Å²) in [6.45, 7) is 0.488. The average Bonchev–Trinajstić information content (AvgIpc) is 3.28. The normalized spacial score (nSPS) is 11.9. The van der Waals surface area contributed by atoms with E-state index in [-0.39, 0.29) is 6.04 Å². The smallest absolute Gasteiger partial charge is 0.147 e. The van der Waals surface area contributed by atoms with E-state index < -0.39 is 0 Å². The molecule has 0 amide bonds. The highest BCUT2D eigenvalue weighted by Crippen LogP contribution is 2.29. The molecule has 0 aliphatic heterocycles. The second-order valence-corrected chi connectivity index (χ2v) is 6.00. The van der Waals surface area contributed by atoms with Crippen LogP contribution in [0.15, 0.2) is 73.4 Å². The molecule has 0 aliphatic rings. The molecule has 3 heterocycles. The molecule has 7 heteroatoms. The zero-order valence-electron chi connectivity index (χ0n) is 14.6. The highest BCUT2D eigenvalue weighted by atomic mass is 15.0. The van der Waals surface area contributed by atoms with Crippen molar-refractivity contribution in [2.24, 2.45) is 5.73 Å². The number of hydrogen-bond acceptors (Lipinski definition) is 6. The number of nitrogens with one attached hydrogen (secondary N) is 2. The fourth-order valence-corrected chi connectivity index (χ4v) is 2.81. The Morgan fingerprint density at radius 3 is 2.44 bits per heavy atom. The molecule has 7 nitrogen and oxygen atoms in total. The number of nitrogens with zero attached hydrogens (tertiary/aromatic N) is 4. The lowest BCUT2D eigenvalue weighted by molar-refractivity contribution is 0.701. The summed E-state index contributed by atoms with van der Waals surface area (Å²) < 4.78 is 0. The van der Waals surface area contributed by atoms with E-state index >= 15 is 0 Å². The molecule has 0 aliphatic carbocycles. The van der Waals surface area contributed by atoms with Crippen LogP contribution in [-0.2, 0) is 0 Å². The minimum Gasteiger partial charge on any atom is -0.368 e. The number of aromatic nitrogens is 5. The molecule has 4 aromatic rings. The predicted molar refractivity (Wildman–Crippen MR) is 105 cm³/mol. The number of rotatable bonds is 6. The lowest BCUT2D eigenvalue weighted by atomic mass is 10.0. The number of H-pyrrole nitrogens is 1. The van der Waals surface area contributed by atoms with Gasteiger partial charge in [-0.3, -0.25) is 0 Å². The van der Waals surface area contributed by atoms with Crippen molar-refractivity contribution in [3.05, 3.63) is 79.3 Å². The largest absolute Gasteiger partial charge is 0.368 e. The molecule has 4 N–H and O–H groups in total. The number of hydrogen-bond donors (Lipinski definition) is 3. The molecule has 27 heavy (non-hydrogen) atoms. The number of pyridine rings is 1. The van der Waals surface area contributed by atoms with Gasteiger partial charge in [0.15, 0.2) is 0 Å². The molecular formula is C20H19N7. The summed E-state index contributed by atoms with van der Waals surface area (Å²) in [6.07, 6.45) is 7.00. The Balaban J connectivity index is 1.58. The van der Waals surface area contributed by atoms with Crippen LogP contribution in [0.2, 0.25) is 0 Å². The molecule has 0 fully saturated rings.